The molecule has 0 N–H and O–H groups in total. The van der Waals surface area contributed by atoms with E-state index < -0.39 is 5.82 Å². The zero-order valence-electron chi connectivity index (χ0n) is 18.3. The smallest absolute Gasteiger partial charge is 0.254 e. The fraction of sp³-hybridized carbons (Fsp3) is 0.423. The summed E-state index contributed by atoms with van der Waals surface area (Å²) in [6.07, 6.45) is 6.61. The van der Waals surface area contributed by atoms with Gasteiger partial charge in [0.1, 0.15) is 5.82 Å². The Morgan fingerprint density at radius 1 is 0.812 bits per heavy atom. The minimum atomic E-state index is -0.415. The highest BCUT2D eigenvalue weighted by Crippen LogP contribution is 2.28. The van der Waals surface area contributed by atoms with E-state index >= 15 is 0 Å². The maximum Gasteiger partial charge on any atom is 0.254 e. The van der Waals surface area contributed by atoms with Crippen molar-refractivity contribution < 1.29 is 18.8 Å². The molecule has 168 valence electrons. The van der Waals surface area contributed by atoms with Gasteiger partial charge in [-0.25, -0.2) is 4.39 Å². The number of ketones is 1. The number of amides is 2. The van der Waals surface area contributed by atoms with Crippen LogP contribution in [0.3, 0.4) is 0 Å². The predicted octanol–water partition coefficient (Wildman–Crippen LogP) is 4.31. The molecule has 4 rings (SSSR count). The van der Waals surface area contributed by atoms with E-state index in [0.29, 0.717) is 55.2 Å². The minimum absolute atomic E-state index is 0.177. The molecule has 2 fully saturated rings. The Labute approximate surface area is 188 Å². The van der Waals surface area contributed by atoms with E-state index in [0.717, 1.165) is 6.42 Å². The maximum atomic E-state index is 13.2. The maximum absolute atomic E-state index is 13.2. The Hall–Kier alpha value is -3.02. The fourth-order valence-corrected chi connectivity index (χ4v) is 4.74. The van der Waals surface area contributed by atoms with Gasteiger partial charge in [0, 0.05) is 43.7 Å². The molecule has 2 amide bonds. The molecule has 2 aliphatic rings. The van der Waals surface area contributed by atoms with Crippen molar-refractivity contribution in [3.63, 3.8) is 0 Å². The molecule has 6 heteroatoms. The SMILES string of the molecule is O=C(c1ccc(F)cc1)c1ccccc1C(=O)N1CCN(C(=O)CCC2CCCC2)CC1. The second kappa shape index (κ2) is 10.1. The van der Waals surface area contributed by atoms with Crippen LogP contribution in [0.1, 0.15) is 64.8 Å². The molecule has 1 aliphatic carbocycles. The zero-order chi connectivity index (χ0) is 22.5. The van der Waals surface area contributed by atoms with Gasteiger partial charge in [-0.05, 0) is 42.7 Å². The van der Waals surface area contributed by atoms with Gasteiger partial charge in [-0.3, -0.25) is 14.4 Å². The van der Waals surface area contributed by atoms with Crippen molar-refractivity contribution in [2.75, 3.05) is 26.2 Å². The highest BCUT2D eigenvalue weighted by molar-refractivity contribution is 6.15. The number of carbonyl (C=O) groups is 3. The van der Waals surface area contributed by atoms with Crippen LogP contribution in [0, 0.1) is 11.7 Å². The molecule has 0 unspecified atom stereocenters. The van der Waals surface area contributed by atoms with Crippen molar-refractivity contribution in [3.8, 4) is 0 Å². The molecule has 0 aromatic heterocycles. The van der Waals surface area contributed by atoms with Crippen molar-refractivity contribution in [1.82, 2.24) is 9.80 Å². The Morgan fingerprint density at radius 3 is 2.06 bits per heavy atom. The number of rotatable bonds is 6. The lowest BCUT2D eigenvalue weighted by molar-refractivity contribution is -0.133. The molecule has 0 spiro atoms. The normalized spacial score (nSPS) is 16.9. The summed E-state index contributed by atoms with van der Waals surface area (Å²) in [6, 6.07) is 12.1. The van der Waals surface area contributed by atoms with Crippen LogP contribution in [-0.4, -0.2) is 53.6 Å². The molecule has 1 saturated heterocycles. The first-order valence-electron chi connectivity index (χ1n) is 11.5. The number of benzene rings is 2. The zero-order valence-corrected chi connectivity index (χ0v) is 18.3. The number of carbonyl (C=O) groups excluding carboxylic acids is 3. The van der Waals surface area contributed by atoms with E-state index in [4.69, 9.17) is 0 Å². The summed E-state index contributed by atoms with van der Waals surface area (Å²) in [7, 11) is 0. The topological polar surface area (TPSA) is 57.7 Å². The summed E-state index contributed by atoms with van der Waals surface area (Å²) >= 11 is 0. The van der Waals surface area contributed by atoms with Gasteiger partial charge in [-0.2, -0.15) is 0 Å². The largest absolute Gasteiger partial charge is 0.339 e. The van der Waals surface area contributed by atoms with Crippen molar-refractivity contribution in [2.45, 2.75) is 38.5 Å². The summed E-state index contributed by atoms with van der Waals surface area (Å²) in [5.74, 6) is -0.0711. The fourth-order valence-electron chi connectivity index (χ4n) is 4.74. The Morgan fingerprint density at radius 2 is 1.41 bits per heavy atom. The first-order chi connectivity index (χ1) is 15.5. The number of hydrogen-bond donors (Lipinski definition) is 0. The Balaban J connectivity index is 1.37. The van der Waals surface area contributed by atoms with Gasteiger partial charge in [0.25, 0.3) is 5.91 Å². The van der Waals surface area contributed by atoms with E-state index in [9.17, 15) is 18.8 Å². The van der Waals surface area contributed by atoms with Crippen molar-refractivity contribution in [1.29, 1.82) is 0 Å². The van der Waals surface area contributed by atoms with Crippen LogP contribution in [0.4, 0.5) is 4.39 Å². The third-order valence-electron chi connectivity index (χ3n) is 6.67. The summed E-state index contributed by atoms with van der Waals surface area (Å²) < 4.78 is 13.2. The van der Waals surface area contributed by atoms with E-state index in [-0.39, 0.29) is 17.6 Å². The average molecular weight is 437 g/mol. The minimum Gasteiger partial charge on any atom is -0.339 e. The lowest BCUT2D eigenvalue weighted by Crippen LogP contribution is -2.50. The third kappa shape index (κ3) is 5.06. The van der Waals surface area contributed by atoms with Crippen LogP contribution in [0.5, 0.6) is 0 Å². The summed E-state index contributed by atoms with van der Waals surface area (Å²) in [5.41, 5.74) is 0.978. The van der Waals surface area contributed by atoms with Crippen LogP contribution < -0.4 is 0 Å². The van der Waals surface area contributed by atoms with E-state index in [1.807, 2.05) is 4.90 Å². The van der Waals surface area contributed by atoms with Crippen LogP contribution in [0.2, 0.25) is 0 Å². The van der Waals surface area contributed by atoms with Gasteiger partial charge >= 0.3 is 0 Å². The number of hydrogen-bond acceptors (Lipinski definition) is 3. The number of halogens is 1. The highest BCUT2D eigenvalue weighted by Gasteiger charge is 2.28. The standard InChI is InChI=1S/C26H29FN2O3/c27-21-12-10-20(11-13-21)25(31)22-7-3-4-8-23(22)26(32)29-17-15-28(16-18-29)24(30)14-9-19-5-1-2-6-19/h3-4,7-8,10-13,19H,1-2,5-6,9,14-18H2. The third-order valence-corrected chi connectivity index (χ3v) is 6.67. The monoisotopic (exact) mass is 436 g/mol. The van der Waals surface area contributed by atoms with Crippen LogP contribution in [-0.2, 0) is 4.79 Å². The van der Waals surface area contributed by atoms with Gasteiger partial charge in [-0.1, -0.05) is 43.9 Å². The second-order valence-corrected chi connectivity index (χ2v) is 8.74. The molecule has 0 bridgehead atoms. The average Bonchev–Trinajstić information content (AvgIpc) is 3.36. The van der Waals surface area contributed by atoms with Crippen molar-refractivity contribution >= 4 is 17.6 Å². The molecule has 1 heterocycles. The molecule has 1 saturated carbocycles. The van der Waals surface area contributed by atoms with E-state index in [1.54, 1.807) is 29.2 Å². The second-order valence-electron chi connectivity index (χ2n) is 8.74. The van der Waals surface area contributed by atoms with Gasteiger partial charge in [0.15, 0.2) is 5.78 Å². The summed E-state index contributed by atoms with van der Waals surface area (Å²) in [4.78, 5) is 42.3. The lowest BCUT2D eigenvalue weighted by Gasteiger charge is -2.35. The molecule has 5 nitrogen and oxygen atoms in total. The Kier molecular flexibility index (Phi) is 6.98. The summed E-state index contributed by atoms with van der Waals surface area (Å²) in [5, 5.41) is 0. The predicted molar refractivity (Wildman–Crippen MR) is 120 cm³/mol. The first kappa shape index (κ1) is 22.2. The number of nitrogens with zero attached hydrogens (tertiary/aromatic N) is 2. The van der Waals surface area contributed by atoms with Crippen molar-refractivity contribution in [3.05, 3.63) is 71.0 Å². The molecular formula is C26H29FN2O3. The van der Waals surface area contributed by atoms with Gasteiger partial charge in [0.2, 0.25) is 5.91 Å². The molecule has 2 aromatic rings. The molecule has 1 aliphatic heterocycles. The van der Waals surface area contributed by atoms with Crippen LogP contribution in [0.15, 0.2) is 48.5 Å². The first-order valence-corrected chi connectivity index (χ1v) is 11.5. The lowest BCUT2D eigenvalue weighted by atomic mass is 9.97. The number of piperazine rings is 1. The molecule has 2 aromatic carbocycles. The quantitative estimate of drug-likeness (QED) is 0.634. The molecular weight excluding hydrogens is 407 g/mol. The van der Waals surface area contributed by atoms with Crippen LogP contribution >= 0.6 is 0 Å². The molecule has 0 radical (unpaired) electrons. The highest BCUT2D eigenvalue weighted by atomic mass is 19.1. The van der Waals surface area contributed by atoms with Crippen molar-refractivity contribution in [2.24, 2.45) is 5.92 Å². The summed E-state index contributed by atoms with van der Waals surface area (Å²) in [6.45, 7) is 1.94. The van der Waals surface area contributed by atoms with Gasteiger partial charge in [-0.15, -0.1) is 0 Å². The Bertz CT molecular complexity index is 975. The van der Waals surface area contributed by atoms with E-state index in [1.165, 1.54) is 49.9 Å². The van der Waals surface area contributed by atoms with Crippen LogP contribution in [0.25, 0.3) is 0 Å². The molecule has 0 atom stereocenters. The van der Waals surface area contributed by atoms with Gasteiger partial charge in [0.05, 0.1) is 5.56 Å². The molecule has 32 heavy (non-hydrogen) atoms. The van der Waals surface area contributed by atoms with Gasteiger partial charge < -0.3 is 9.80 Å². The van der Waals surface area contributed by atoms with E-state index in [2.05, 4.69) is 0 Å².